The summed E-state index contributed by atoms with van der Waals surface area (Å²) in [7, 11) is 0. The van der Waals surface area contributed by atoms with E-state index in [1.165, 1.54) is 24.8 Å². The first kappa shape index (κ1) is 10.4. The third-order valence-electron chi connectivity index (χ3n) is 6.35. The molecular formula is C17H24. The van der Waals surface area contributed by atoms with E-state index in [1.54, 1.807) is 12.8 Å². The van der Waals surface area contributed by atoms with E-state index in [1.807, 2.05) is 0 Å². The number of hydrogen-bond acceptors (Lipinski definition) is 0. The van der Waals surface area contributed by atoms with Gasteiger partial charge >= 0.3 is 0 Å². The summed E-state index contributed by atoms with van der Waals surface area (Å²) in [6.45, 7) is 6.26. The lowest BCUT2D eigenvalue weighted by Gasteiger charge is -2.36. The zero-order chi connectivity index (χ0) is 11.6. The van der Waals surface area contributed by atoms with Crippen LogP contribution in [0.15, 0.2) is 24.3 Å². The van der Waals surface area contributed by atoms with Crippen LogP contribution in [0, 0.1) is 41.4 Å². The van der Waals surface area contributed by atoms with Crippen molar-refractivity contribution in [1.82, 2.24) is 0 Å². The van der Waals surface area contributed by atoms with Crippen molar-refractivity contribution in [3.8, 4) is 0 Å². The van der Waals surface area contributed by atoms with Gasteiger partial charge in [0.15, 0.2) is 0 Å². The van der Waals surface area contributed by atoms with Crippen LogP contribution in [0.2, 0.25) is 0 Å². The van der Waals surface area contributed by atoms with Gasteiger partial charge in [0.25, 0.3) is 0 Å². The van der Waals surface area contributed by atoms with E-state index in [2.05, 4.69) is 25.7 Å². The molecule has 0 aliphatic heterocycles. The first-order valence-corrected chi connectivity index (χ1v) is 7.56. The van der Waals surface area contributed by atoms with E-state index in [4.69, 9.17) is 0 Å². The monoisotopic (exact) mass is 228 g/mol. The number of rotatable bonds is 3. The highest BCUT2D eigenvalue weighted by Gasteiger charge is 2.60. The van der Waals surface area contributed by atoms with Crippen LogP contribution in [0.4, 0.5) is 0 Å². The Morgan fingerprint density at radius 2 is 1.88 bits per heavy atom. The molecule has 0 heteroatoms. The van der Waals surface area contributed by atoms with E-state index in [0.29, 0.717) is 0 Å². The zero-order valence-electron chi connectivity index (χ0n) is 10.9. The molecule has 0 heterocycles. The van der Waals surface area contributed by atoms with Gasteiger partial charge in [-0.15, -0.1) is 6.58 Å². The second-order valence-corrected chi connectivity index (χ2v) is 7.25. The van der Waals surface area contributed by atoms with Gasteiger partial charge in [0.2, 0.25) is 0 Å². The molecule has 3 saturated carbocycles. The standard InChI is InChI=1S/C17H24/c1-10(2)3-4-11-7-14-9-15(11)17-13-6-5-12(8-13)16(14)17/h5-6,11-17H,1,3-4,7-9H2,2H3. The Morgan fingerprint density at radius 1 is 1.12 bits per heavy atom. The normalized spacial score (nSPS) is 53.4. The molecule has 0 amide bonds. The highest BCUT2D eigenvalue weighted by atomic mass is 14.6. The Balaban J connectivity index is 1.51. The molecule has 4 bridgehead atoms. The quantitative estimate of drug-likeness (QED) is 0.495. The molecule has 92 valence electrons. The largest absolute Gasteiger partial charge is 0.100 e. The van der Waals surface area contributed by atoms with Crippen LogP contribution in [0.3, 0.4) is 0 Å². The maximum absolute atomic E-state index is 4.07. The lowest BCUT2D eigenvalue weighted by Crippen LogP contribution is -2.30. The average Bonchev–Trinajstić information content (AvgIpc) is 3.03. The molecule has 4 aliphatic carbocycles. The Hall–Kier alpha value is -0.520. The fraction of sp³-hybridized carbons (Fsp3) is 0.765. The summed E-state index contributed by atoms with van der Waals surface area (Å²) in [5.41, 5.74) is 1.39. The van der Waals surface area contributed by atoms with E-state index in [0.717, 1.165) is 41.4 Å². The minimum Gasteiger partial charge on any atom is -0.100 e. The molecule has 3 fully saturated rings. The molecule has 17 heavy (non-hydrogen) atoms. The van der Waals surface area contributed by atoms with Crippen molar-refractivity contribution in [1.29, 1.82) is 0 Å². The number of allylic oxidation sites excluding steroid dienone is 3. The zero-order valence-corrected chi connectivity index (χ0v) is 10.9. The first-order valence-electron chi connectivity index (χ1n) is 7.56. The van der Waals surface area contributed by atoms with Crippen molar-refractivity contribution >= 4 is 0 Å². The van der Waals surface area contributed by atoms with Crippen LogP contribution < -0.4 is 0 Å². The van der Waals surface area contributed by atoms with Gasteiger partial charge in [-0.2, -0.15) is 0 Å². The highest BCUT2D eigenvalue weighted by molar-refractivity contribution is 5.20. The molecule has 0 aromatic heterocycles. The highest BCUT2D eigenvalue weighted by Crippen LogP contribution is 2.67. The van der Waals surface area contributed by atoms with Gasteiger partial charge in [0.1, 0.15) is 0 Å². The smallest absolute Gasteiger partial charge is 0.0194 e. The van der Waals surface area contributed by atoms with Crippen molar-refractivity contribution in [2.75, 3.05) is 0 Å². The maximum Gasteiger partial charge on any atom is -0.0194 e. The Bertz CT molecular complexity index is 377. The van der Waals surface area contributed by atoms with Gasteiger partial charge in [-0.05, 0) is 80.5 Å². The molecular weight excluding hydrogens is 204 g/mol. The van der Waals surface area contributed by atoms with Gasteiger partial charge in [0.05, 0.1) is 0 Å². The van der Waals surface area contributed by atoms with Crippen LogP contribution in [0.5, 0.6) is 0 Å². The average molecular weight is 228 g/mol. The minimum absolute atomic E-state index is 0.979. The fourth-order valence-electron chi connectivity index (χ4n) is 5.92. The predicted molar refractivity (Wildman–Crippen MR) is 71.5 cm³/mol. The lowest BCUT2D eigenvalue weighted by atomic mass is 9.68. The van der Waals surface area contributed by atoms with Gasteiger partial charge in [0, 0.05) is 0 Å². The summed E-state index contributed by atoms with van der Waals surface area (Å²) >= 11 is 0. The molecule has 0 saturated heterocycles. The van der Waals surface area contributed by atoms with Gasteiger partial charge in [-0.1, -0.05) is 17.7 Å². The summed E-state index contributed by atoms with van der Waals surface area (Å²) < 4.78 is 0. The van der Waals surface area contributed by atoms with Crippen LogP contribution in [0.25, 0.3) is 0 Å². The summed E-state index contributed by atoms with van der Waals surface area (Å²) in [5.74, 6) is 7.40. The fourth-order valence-corrected chi connectivity index (χ4v) is 5.92. The van der Waals surface area contributed by atoms with Crippen molar-refractivity contribution < 1.29 is 0 Å². The van der Waals surface area contributed by atoms with E-state index in [-0.39, 0.29) is 0 Å². The van der Waals surface area contributed by atoms with Gasteiger partial charge in [-0.25, -0.2) is 0 Å². The second-order valence-electron chi connectivity index (χ2n) is 7.25. The molecule has 7 atom stereocenters. The second kappa shape index (κ2) is 3.49. The third kappa shape index (κ3) is 1.36. The summed E-state index contributed by atoms with van der Waals surface area (Å²) in [4.78, 5) is 0. The summed E-state index contributed by atoms with van der Waals surface area (Å²) in [5, 5.41) is 0. The van der Waals surface area contributed by atoms with Crippen LogP contribution in [-0.2, 0) is 0 Å². The Morgan fingerprint density at radius 3 is 2.65 bits per heavy atom. The van der Waals surface area contributed by atoms with Crippen molar-refractivity contribution in [2.45, 2.75) is 39.0 Å². The molecule has 0 spiro atoms. The number of hydrogen-bond donors (Lipinski definition) is 0. The molecule has 0 radical (unpaired) electrons. The van der Waals surface area contributed by atoms with Gasteiger partial charge in [-0.3, -0.25) is 0 Å². The molecule has 0 aromatic carbocycles. The molecule has 0 N–H and O–H groups in total. The Kier molecular flexibility index (Phi) is 2.14. The van der Waals surface area contributed by atoms with E-state index < -0.39 is 0 Å². The van der Waals surface area contributed by atoms with Crippen molar-refractivity contribution in [2.24, 2.45) is 41.4 Å². The lowest BCUT2D eigenvalue weighted by molar-refractivity contribution is 0.144. The molecule has 7 unspecified atom stereocenters. The van der Waals surface area contributed by atoms with Gasteiger partial charge < -0.3 is 0 Å². The first-order chi connectivity index (χ1) is 8.24. The van der Waals surface area contributed by atoms with Crippen LogP contribution in [-0.4, -0.2) is 0 Å². The van der Waals surface area contributed by atoms with Crippen LogP contribution >= 0.6 is 0 Å². The molecule has 4 aliphatic rings. The topological polar surface area (TPSA) is 0 Å². The van der Waals surface area contributed by atoms with Crippen molar-refractivity contribution in [3.63, 3.8) is 0 Å². The Labute approximate surface area is 105 Å². The predicted octanol–water partition coefficient (Wildman–Crippen LogP) is 4.44. The van der Waals surface area contributed by atoms with E-state index >= 15 is 0 Å². The number of fused-ring (bicyclic) bond motifs is 9. The van der Waals surface area contributed by atoms with Crippen molar-refractivity contribution in [3.05, 3.63) is 24.3 Å². The molecule has 4 rings (SSSR count). The summed E-state index contributed by atoms with van der Waals surface area (Å²) in [6, 6.07) is 0. The molecule has 0 aromatic rings. The van der Waals surface area contributed by atoms with Crippen LogP contribution in [0.1, 0.15) is 39.0 Å². The SMILES string of the molecule is C=C(C)CCC1CC2CC1C1C3C=CC(C3)C21. The minimum atomic E-state index is 0.979. The molecule has 0 nitrogen and oxygen atoms in total. The maximum atomic E-state index is 4.07. The van der Waals surface area contributed by atoms with E-state index in [9.17, 15) is 0 Å². The summed E-state index contributed by atoms with van der Waals surface area (Å²) in [6.07, 6.45) is 12.4. The third-order valence-corrected chi connectivity index (χ3v) is 6.35.